The van der Waals surface area contributed by atoms with Gasteiger partial charge < -0.3 is 24.7 Å². The van der Waals surface area contributed by atoms with Crippen molar-refractivity contribution in [3.8, 4) is 17.2 Å². The molecule has 2 amide bonds. The number of aryl methyl sites for hydroxylation is 2. The van der Waals surface area contributed by atoms with Crippen molar-refractivity contribution in [1.29, 1.82) is 0 Å². The molecule has 3 aromatic carbocycles. The molecule has 8 bridgehead atoms. The van der Waals surface area contributed by atoms with Gasteiger partial charge in [-0.15, -0.1) is 0 Å². The minimum atomic E-state index is -0.530. The predicted molar refractivity (Wildman–Crippen MR) is 161 cm³/mol. The molecule has 1 atom stereocenters. The Hall–Kier alpha value is -4.99. The van der Waals surface area contributed by atoms with E-state index in [1.54, 1.807) is 36.9 Å². The van der Waals surface area contributed by atoms with Crippen LogP contribution < -0.4 is 20.3 Å². The lowest BCUT2D eigenvalue weighted by molar-refractivity contribution is -0.132. The van der Waals surface area contributed by atoms with Crippen molar-refractivity contribution in [2.45, 2.75) is 45.6 Å². The summed E-state index contributed by atoms with van der Waals surface area (Å²) in [5, 5.41) is 2.88. The van der Waals surface area contributed by atoms with Crippen LogP contribution in [0.2, 0.25) is 0 Å². The summed E-state index contributed by atoms with van der Waals surface area (Å²) in [4.78, 5) is 48.0. The Morgan fingerprint density at radius 2 is 1.93 bits per heavy atom. The lowest BCUT2D eigenvalue weighted by Crippen LogP contribution is -2.42. The number of ether oxygens (including phenoxy) is 2. The minimum Gasteiger partial charge on any atom is -0.494 e. The number of amides is 2. The highest BCUT2D eigenvalue weighted by molar-refractivity contribution is 5.80. The zero-order valence-corrected chi connectivity index (χ0v) is 24.6. The Balaban J connectivity index is 1.39. The van der Waals surface area contributed by atoms with Crippen LogP contribution in [0.4, 0.5) is 4.39 Å². The number of carbonyl (C=O) groups excluding carboxylic acids is 2. The normalized spacial score (nSPS) is 16.6. The number of hydrogen-bond donors (Lipinski definition) is 2. The average Bonchev–Trinajstić information content (AvgIpc) is 2.99. The first kappa shape index (κ1) is 29.1. The van der Waals surface area contributed by atoms with Crippen LogP contribution in [0.25, 0.3) is 0 Å². The number of halogens is 1. The molecule has 0 radical (unpaired) electrons. The van der Waals surface area contributed by atoms with E-state index in [-0.39, 0.29) is 36.0 Å². The molecular weight excluding hydrogens is 563 g/mol. The van der Waals surface area contributed by atoms with E-state index < -0.39 is 11.9 Å². The van der Waals surface area contributed by atoms with E-state index in [0.717, 1.165) is 16.7 Å². The van der Waals surface area contributed by atoms with Gasteiger partial charge in [0.25, 0.3) is 5.56 Å². The maximum absolute atomic E-state index is 14.8. The summed E-state index contributed by atoms with van der Waals surface area (Å²) in [6.45, 7) is 4.65. The van der Waals surface area contributed by atoms with E-state index >= 15 is 0 Å². The van der Waals surface area contributed by atoms with E-state index in [1.807, 2.05) is 36.4 Å². The molecule has 10 heteroatoms. The molecule has 226 valence electrons. The monoisotopic (exact) mass is 596 g/mol. The Morgan fingerprint density at radius 3 is 2.77 bits per heavy atom. The quantitative estimate of drug-likeness (QED) is 0.353. The van der Waals surface area contributed by atoms with Crippen molar-refractivity contribution >= 4 is 11.8 Å². The smallest absolute Gasteiger partial charge is 0.254 e. The summed E-state index contributed by atoms with van der Waals surface area (Å²) >= 11 is 0. The molecule has 1 aromatic heterocycles. The molecule has 0 aliphatic carbocycles. The van der Waals surface area contributed by atoms with Crippen molar-refractivity contribution in [3.05, 3.63) is 116 Å². The SMILES string of the molecule is Cc1nc(C)c(CC(=O)N2CCc3cc4ccc3C2c2cccc(c2)OCCCNC(=O)Cc2ccc(F)c(c2)O4)c(=O)[nH]1. The van der Waals surface area contributed by atoms with Crippen LogP contribution in [0.15, 0.2) is 65.5 Å². The van der Waals surface area contributed by atoms with E-state index in [0.29, 0.717) is 66.7 Å². The van der Waals surface area contributed by atoms with Crippen LogP contribution in [-0.2, 0) is 28.9 Å². The maximum atomic E-state index is 14.8. The summed E-state index contributed by atoms with van der Waals surface area (Å²) in [6.07, 6.45) is 1.14. The highest BCUT2D eigenvalue weighted by Gasteiger charge is 2.33. The molecule has 1 unspecified atom stereocenters. The van der Waals surface area contributed by atoms with E-state index in [9.17, 15) is 18.8 Å². The maximum Gasteiger partial charge on any atom is 0.254 e. The molecule has 7 rings (SSSR count). The molecule has 0 fully saturated rings. The summed E-state index contributed by atoms with van der Waals surface area (Å²) in [5.74, 6) is 0.728. The van der Waals surface area contributed by atoms with Gasteiger partial charge in [-0.25, -0.2) is 9.37 Å². The lowest BCUT2D eigenvalue weighted by Gasteiger charge is -2.38. The van der Waals surface area contributed by atoms with Gasteiger partial charge in [-0.3, -0.25) is 14.4 Å². The Labute approximate surface area is 254 Å². The molecular formula is C34H33FN4O5. The summed E-state index contributed by atoms with van der Waals surface area (Å²) in [5.41, 5.74) is 3.91. The molecule has 0 saturated heterocycles. The van der Waals surface area contributed by atoms with Crippen molar-refractivity contribution in [1.82, 2.24) is 20.2 Å². The van der Waals surface area contributed by atoms with E-state index in [2.05, 4.69) is 15.3 Å². The number of benzene rings is 3. The molecule has 44 heavy (non-hydrogen) atoms. The van der Waals surface area contributed by atoms with Gasteiger partial charge in [0, 0.05) is 24.3 Å². The van der Waals surface area contributed by atoms with Crippen LogP contribution in [0, 0.1) is 19.7 Å². The van der Waals surface area contributed by atoms with E-state index in [4.69, 9.17) is 9.47 Å². The molecule has 3 aliphatic rings. The second-order valence-electron chi connectivity index (χ2n) is 11.2. The van der Waals surface area contributed by atoms with Gasteiger partial charge in [-0.1, -0.05) is 24.3 Å². The van der Waals surface area contributed by atoms with Gasteiger partial charge in [0.05, 0.1) is 25.5 Å². The first-order valence-corrected chi connectivity index (χ1v) is 14.7. The number of aromatic amines is 1. The topological polar surface area (TPSA) is 114 Å². The number of H-pyrrole nitrogens is 1. The van der Waals surface area contributed by atoms with Crippen LogP contribution in [0.1, 0.15) is 51.8 Å². The first-order valence-electron chi connectivity index (χ1n) is 14.7. The van der Waals surface area contributed by atoms with Crippen LogP contribution in [-0.4, -0.2) is 46.4 Å². The van der Waals surface area contributed by atoms with Gasteiger partial charge in [-0.2, -0.15) is 0 Å². The van der Waals surface area contributed by atoms with Gasteiger partial charge in [0.2, 0.25) is 11.8 Å². The lowest BCUT2D eigenvalue weighted by atomic mass is 9.87. The summed E-state index contributed by atoms with van der Waals surface area (Å²) in [7, 11) is 0. The first-order chi connectivity index (χ1) is 21.2. The fourth-order valence-electron chi connectivity index (χ4n) is 5.88. The predicted octanol–water partition coefficient (Wildman–Crippen LogP) is 4.48. The fourth-order valence-corrected chi connectivity index (χ4v) is 5.88. The molecule has 2 N–H and O–H groups in total. The van der Waals surface area contributed by atoms with E-state index in [1.165, 1.54) is 6.07 Å². The zero-order valence-electron chi connectivity index (χ0n) is 24.6. The van der Waals surface area contributed by atoms with Crippen molar-refractivity contribution in [2.24, 2.45) is 0 Å². The second kappa shape index (κ2) is 12.3. The Kier molecular flexibility index (Phi) is 8.15. The molecule has 3 aliphatic heterocycles. The summed E-state index contributed by atoms with van der Waals surface area (Å²) in [6, 6.07) is 17.1. The number of hydrogen-bond acceptors (Lipinski definition) is 6. The van der Waals surface area contributed by atoms with Crippen molar-refractivity contribution < 1.29 is 23.5 Å². The van der Waals surface area contributed by atoms with Crippen LogP contribution in [0.3, 0.4) is 0 Å². The standard InChI is InChI=1S/C34H33FN4O5/c1-20-28(34(42)38-21(2)37-20)19-32(41)39-13-11-23-17-26-8-9-27(23)33(39)24-5-3-6-25(18-24)43-14-4-12-36-31(40)16-22-7-10-29(35)30(15-22)44-26/h3,5-10,15,17-18,33H,4,11-14,16,19H2,1-2H3,(H,36,40)(H,37,38,42). The van der Waals surface area contributed by atoms with Gasteiger partial charge in [-0.05, 0) is 85.3 Å². The number of carbonyl (C=O) groups is 2. The molecule has 4 heterocycles. The highest BCUT2D eigenvalue weighted by atomic mass is 19.1. The number of fused-ring (bicyclic) bond motifs is 7. The highest BCUT2D eigenvalue weighted by Crippen LogP contribution is 2.39. The number of rotatable bonds is 2. The van der Waals surface area contributed by atoms with Crippen LogP contribution in [0.5, 0.6) is 17.2 Å². The average molecular weight is 597 g/mol. The molecule has 0 spiro atoms. The third-order valence-corrected chi connectivity index (χ3v) is 8.01. The molecule has 0 saturated carbocycles. The minimum absolute atomic E-state index is 0.0331. The number of nitrogens with zero attached hydrogens (tertiary/aromatic N) is 2. The van der Waals surface area contributed by atoms with Gasteiger partial charge in [0.1, 0.15) is 17.3 Å². The number of nitrogens with one attached hydrogen (secondary N) is 2. The van der Waals surface area contributed by atoms with Crippen LogP contribution >= 0.6 is 0 Å². The Bertz CT molecular complexity index is 1800. The Morgan fingerprint density at radius 1 is 1.07 bits per heavy atom. The fraction of sp³-hybridized carbons (Fsp3) is 0.294. The van der Waals surface area contributed by atoms with Gasteiger partial charge in [0.15, 0.2) is 11.6 Å². The van der Waals surface area contributed by atoms with Crippen molar-refractivity contribution in [3.63, 3.8) is 0 Å². The number of aromatic nitrogens is 2. The van der Waals surface area contributed by atoms with Gasteiger partial charge >= 0.3 is 0 Å². The largest absolute Gasteiger partial charge is 0.494 e. The molecule has 9 nitrogen and oxygen atoms in total. The summed E-state index contributed by atoms with van der Waals surface area (Å²) < 4.78 is 26.8. The third kappa shape index (κ3) is 6.20. The zero-order chi connectivity index (χ0) is 30.8. The third-order valence-electron chi connectivity index (χ3n) is 8.01. The molecule has 4 aromatic rings. The van der Waals surface area contributed by atoms with Crippen molar-refractivity contribution in [2.75, 3.05) is 19.7 Å². The second-order valence-corrected chi connectivity index (χ2v) is 11.2.